The molecular weight excluding hydrogens is 420 g/mol. The molecule has 1 aliphatic rings. The van der Waals surface area contributed by atoms with Gasteiger partial charge in [0.1, 0.15) is 11.9 Å². The van der Waals surface area contributed by atoms with Crippen molar-refractivity contribution < 1.29 is 24.6 Å². The number of aromatic amines is 1. The highest BCUT2D eigenvalue weighted by Gasteiger charge is 2.23. The lowest BCUT2D eigenvalue weighted by atomic mass is 9.96. The minimum Gasteiger partial charge on any atom is -0.481 e. The first-order valence-corrected chi connectivity index (χ1v) is 9.95. The van der Waals surface area contributed by atoms with Crippen molar-refractivity contribution in [3.05, 3.63) is 45.7 Å². The van der Waals surface area contributed by atoms with Crippen LogP contribution in [0.25, 0.3) is 0 Å². The third kappa shape index (κ3) is 5.74. The summed E-state index contributed by atoms with van der Waals surface area (Å²) in [7, 11) is 0. The Hall–Kier alpha value is -4.09. The van der Waals surface area contributed by atoms with E-state index in [1.54, 1.807) is 24.3 Å². The molecule has 12 nitrogen and oxygen atoms in total. The third-order valence-electron chi connectivity index (χ3n) is 5.08. The second-order valence-corrected chi connectivity index (χ2v) is 7.48. The highest BCUT2D eigenvalue weighted by molar-refractivity contribution is 5.96. The molecular formula is C20H24N6O6. The summed E-state index contributed by atoms with van der Waals surface area (Å²) in [6.07, 6.45) is -0.0409. The van der Waals surface area contributed by atoms with E-state index < -0.39 is 23.9 Å². The van der Waals surface area contributed by atoms with E-state index in [0.29, 0.717) is 30.9 Å². The van der Waals surface area contributed by atoms with Crippen molar-refractivity contribution in [3.8, 4) is 0 Å². The maximum Gasteiger partial charge on any atom is 0.326 e. The lowest BCUT2D eigenvalue weighted by molar-refractivity contribution is -0.140. The van der Waals surface area contributed by atoms with Crippen LogP contribution in [0.1, 0.15) is 28.8 Å². The Kier molecular flexibility index (Phi) is 6.93. The second kappa shape index (κ2) is 9.81. The average molecular weight is 444 g/mol. The average Bonchev–Trinajstić information content (AvgIpc) is 2.75. The Bertz CT molecular complexity index is 1070. The van der Waals surface area contributed by atoms with Gasteiger partial charge in [-0.15, -0.1) is 0 Å². The van der Waals surface area contributed by atoms with Crippen LogP contribution >= 0.6 is 0 Å². The van der Waals surface area contributed by atoms with Gasteiger partial charge in [-0.3, -0.25) is 19.4 Å². The number of carboxylic acid groups (broad SMARTS) is 2. The highest BCUT2D eigenvalue weighted by Crippen LogP contribution is 2.21. The number of nitrogens with two attached hydrogens (primary N) is 1. The SMILES string of the molecule is Nc1nc2c(c(=O)[nH]1)CC(CNc1ccc(C(=O)N[C@@H](CCC(=O)O)C(=O)O)cc1)CN2. The number of anilines is 3. The number of carbonyl (C=O) groups is 3. The first-order chi connectivity index (χ1) is 15.2. The van der Waals surface area contributed by atoms with Gasteiger partial charge < -0.3 is 31.9 Å². The standard InChI is InChI=1S/C20H24N6O6/c21-20-25-16-13(18(30)26-20)7-10(9-23-16)8-22-12-3-1-11(2-4-12)17(29)24-14(19(31)32)5-6-15(27)28/h1-4,10,14,22H,5-9H2,(H,24,29)(H,27,28)(H,31,32)(H4,21,23,25,26,30)/t10?,14-/m0/s1. The van der Waals surface area contributed by atoms with Crippen molar-refractivity contribution >= 4 is 35.3 Å². The molecule has 0 aliphatic carbocycles. The molecule has 170 valence electrons. The van der Waals surface area contributed by atoms with E-state index in [0.717, 1.165) is 5.69 Å². The quantitative estimate of drug-likeness (QED) is 0.278. The number of carboxylic acids is 2. The number of fused-ring (bicyclic) bond motifs is 1. The number of hydrogen-bond acceptors (Lipinski definition) is 8. The van der Waals surface area contributed by atoms with Crippen molar-refractivity contribution in [2.75, 3.05) is 29.5 Å². The molecule has 0 radical (unpaired) electrons. The number of aliphatic carboxylic acids is 2. The van der Waals surface area contributed by atoms with Crippen LogP contribution in [0, 0.1) is 5.92 Å². The van der Waals surface area contributed by atoms with Gasteiger partial charge in [-0.2, -0.15) is 4.98 Å². The summed E-state index contributed by atoms with van der Waals surface area (Å²) in [4.78, 5) is 52.8. The Morgan fingerprint density at radius 1 is 1.22 bits per heavy atom. The van der Waals surface area contributed by atoms with E-state index in [4.69, 9.17) is 15.9 Å². The number of benzene rings is 1. The lowest BCUT2D eigenvalue weighted by Crippen LogP contribution is -2.41. The number of aromatic nitrogens is 2. The van der Waals surface area contributed by atoms with Crippen LogP contribution in [-0.4, -0.2) is 57.2 Å². The van der Waals surface area contributed by atoms with Crippen LogP contribution in [0.15, 0.2) is 29.1 Å². The molecule has 0 fully saturated rings. The predicted octanol–water partition coefficient (Wildman–Crippen LogP) is 0.0962. The smallest absolute Gasteiger partial charge is 0.326 e. The molecule has 12 heteroatoms. The molecule has 8 N–H and O–H groups in total. The summed E-state index contributed by atoms with van der Waals surface area (Å²) in [5, 5.41) is 26.5. The van der Waals surface area contributed by atoms with Crippen molar-refractivity contribution in [2.24, 2.45) is 5.92 Å². The fourth-order valence-electron chi connectivity index (χ4n) is 3.37. The Morgan fingerprint density at radius 3 is 2.59 bits per heavy atom. The molecule has 2 aromatic rings. The number of carbonyl (C=O) groups excluding carboxylic acids is 1. The Labute approximate surface area is 182 Å². The largest absolute Gasteiger partial charge is 0.481 e. The third-order valence-corrected chi connectivity index (χ3v) is 5.08. The summed E-state index contributed by atoms with van der Waals surface area (Å²) in [6, 6.07) is 5.16. The fraction of sp³-hybridized carbons (Fsp3) is 0.350. The van der Waals surface area contributed by atoms with E-state index in [-0.39, 0.29) is 35.8 Å². The molecule has 0 saturated carbocycles. The fourth-order valence-corrected chi connectivity index (χ4v) is 3.37. The summed E-state index contributed by atoms with van der Waals surface area (Å²) in [5.74, 6) is -2.34. The van der Waals surface area contributed by atoms with Crippen LogP contribution in [0.2, 0.25) is 0 Å². The van der Waals surface area contributed by atoms with Gasteiger partial charge in [0.15, 0.2) is 0 Å². The number of nitrogens with one attached hydrogen (secondary N) is 4. The first kappa shape index (κ1) is 22.6. The van der Waals surface area contributed by atoms with Gasteiger partial charge in [0.25, 0.3) is 11.5 Å². The number of nitrogen functional groups attached to an aromatic ring is 1. The van der Waals surface area contributed by atoms with E-state index >= 15 is 0 Å². The zero-order chi connectivity index (χ0) is 23.3. The predicted molar refractivity (Wildman–Crippen MR) is 116 cm³/mol. The van der Waals surface area contributed by atoms with Crippen LogP contribution in [-0.2, 0) is 16.0 Å². The van der Waals surface area contributed by atoms with Crippen LogP contribution in [0.5, 0.6) is 0 Å². The minimum absolute atomic E-state index is 0.0681. The van der Waals surface area contributed by atoms with Gasteiger partial charge in [0.05, 0.1) is 5.56 Å². The van der Waals surface area contributed by atoms with Crippen molar-refractivity contribution in [1.29, 1.82) is 0 Å². The van der Waals surface area contributed by atoms with Crippen molar-refractivity contribution in [1.82, 2.24) is 15.3 Å². The topological polar surface area (TPSA) is 200 Å². The van der Waals surface area contributed by atoms with Gasteiger partial charge in [-0.25, -0.2) is 4.79 Å². The van der Waals surface area contributed by atoms with Gasteiger partial charge in [-0.1, -0.05) is 0 Å². The molecule has 1 aromatic heterocycles. The van der Waals surface area contributed by atoms with E-state index in [1.165, 1.54) is 0 Å². The Balaban J connectivity index is 1.54. The molecule has 32 heavy (non-hydrogen) atoms. The molecule has 0 saturated heterocycles. The number of rotatable bonds is 9. The number of H-pyrrole nitrogens is 1. The molecule has 1 amide bonds. The molecule has 2 heterocycles. The van der Waals surface area contributed by atoms with Crippen LogP contribution in [0.3, 0.4) is 0 Å². The number of hydrogen-bond donors (Lipinski definition) is 7. The van der Waals surface area contributed by atoms with Crippen molar-refractivity contribution in [2.45, 2.75) is 25.3 Å². The van der Waals surface area contributed by atoms with Crippen molar-refractivity contribution in [3.63, 3.8) is 0 Å². The molecule has 0 spiro atoms. The van der Waals surface area contributed by atoms with E-state index in [1.807, 2.05) is 0 Å². The molecule has 0 bridgehead atoms. The summed E-state index contributed by atoms with van der Waals surface area (Å²) in [5.41, 5.74) is 6.85. The Morgan fingerprint density at radius 2 is 1.94 bits per heavy atom. The first-order valence-electron chi connectivity index (χ1n) is 9.95. The summed E-state index contributed by atoms with van der Waals surface area (Å²) >= 11 is 0. The number of amides is 1. The van der Waals surface area contributed by atoms with Crippen LogP contribution in [0.4, 0.5) is 17.5 Å². The monoisotopic (exact) mass is 444 g/mol. The molecule has 1 aliphatic heterocycles. The lowest BCUT2D eigenvalue weighted by Gasteiger charge is -2.25. The summed E-state index contributed by atoms with van der Waals surface area (Å²) in [6.45, 7) is 1.18. The van der Waals surface area contributed by atoms with Gasteiger partial charge in [0, 0.05) is 30.8 Å². The minimum atomic E-state index is -1.29. The maximum absolute atomic E-state index is 12.3. The zero-order valence-corrected chi connectivity index (χ0v) is 17.1. The molecule has 1 unspecified atom stereocenters. The zero-order valence-electron chi connectivity index (χ0n) is 17.1. The maximum atomic E-state index is 12.3. The number of nitrogens with zero attached hydrogens (tertiary/aromatic N) is 1. The van der Waals surface area contributed by atoms with Gasteiger partial charge in [-0.05, 0) is 43.0 Å². The molecule has 1 aromatic carbocycles. The molecule has 3 rings (SSSR count). The second-order valence-electron chi connectivity index (χ2n) is 7.48. The normalized spacial score (nSPS) is 15.7. The highest BCUT2D eigenvalue weighted by atomic mass is 16.4. The molecule has 2 atom stereocenters. The van der Waals surface area contributed by atoms with Crippen LogP contribution < -0.4 is 27.2 Å². The van der Waals surface area contributed by atoms with E-state index in [2.05, 4.69) is 25.9 Å². The summed E-state index contributed by atoms with van der Waals surface area (Å²) < 4.78 is 0. The van der Waals surface area contributed by atoms with Gasteiger partial charge in [0.2, 0.25) is 5.95 Å². The van der Waals surface area contributed by atoms with Gasteiger partial charge >= 0.3 is 11.9 Å². The van der Waals surface area contributed by atoms with E-state index in [9.17, 15) is 19.2 Å².